The monoisotopic (exact) mass is 1010 g/mol. The van der Waals surface area contributed by atoms with E-state index in [1.807, 2.05) is 0 Å². The molecule has 1 atom stereocenters. The first-order chi connectivity index (χ1) is 35.5. The maximum Gasteiger partial charge on any atom is 0.306 e. The van der Waals surface area contributed by atoms with Gasteiger partial charge >= 0.3 is 17.9 Å². The summed E-state index contributed by atoms with van der Waals surface area (Å²) in [7, 11) is 0. The maximum absolute atomic E-state index is 12.8. The second-order valence-electron chi connectivity index (χ2n) is 22.0. The van der Waals surface area contributed by atoms with Crippen LogP contribution in [-0.4, -0.2) is 37.2 Å². The number of hydrogen-bond donors (Lipinski definition) is 0. The molecule has 0 fully saturated rings. The number of unbranched alkanes of at least 4 members (excludes halogenated alkanes) is 45. The van der Waals surface area contributed by atoms with Gasteiger partial charge in [-0.15, -0.1) is 0 Å². The number of carbonyl (C=O) groups is 3. The highest BCUT2D eigenvalue weighted by molar-refractivity contribution is 5.71. The van der Waals surface area contributed by atoms with E-state index < -0.39 is 6.10 Å². The number of allylic oxidation sites excluding steroid dienone is 4. The topological polar surface area (TPSA) is 78.9 Å². The second-order valence-corrected chi connectivity index (χ2v) is 22.0. The third-order valence-electron chi connectivity index (χ3n) is 14.7. The fourth-order valence-electron chi connectivity index (χ4n) is 9.79. The Labute approximate surface area is 449 Å². The van der Waals surface area contributed by atoms with Crippen LogP contribution >= 0.6 is 0 Å². The SMILES string of the molecule is CCCCC/C=C\CCCCCCCC(=O)OCC(COC(=O)CCCCCCCCCCCCCCCCCCCCCCCCCCCCCC)OC(=O)CCCCCCC/C=C\CCCCCCC. The summed E-state index contributed by atoms with van der Waals surface area (Å²) in [5.74, 6) is -0.869. The molecule has 72 heavy (non-hydrogen) atoms. The van der Waals surface area contributed by atoms with Gasteiger partial charge in [-0.25, -0.2) is 0 Å². The van der Waals surface area contributed by atoms with Crippen molar-refractivity contribution in [1.82, 2.24) is 0 Å². The van der Waals surface area contributed by atoms with E-state index in [1.165, 1.54) is 250 Å². The lowest BCUT2D eigenvalue weighted by Crippen LogP contribution is -2.30. The minimum atomic E-state index is -0.775. The van der Waals surface area contributed by atoms with Crippen molar-refractivity contribution in [1.29, 1.82) is 0 Å². The van der Waals surface area contributed by atoms with Crippen LogP contribution in [0.15, 0.2) is 24.3 Å². The minimum absolute atomic E-state index is 0.0727. The normalized spacial score (nSPS) is 12.1. The summed E-state index contributed by atoms with van der Waals surface area (Å²) in [6.45, 7) is 6.65. The fourth-order valence-corrected chi connectivity index (χ4v) is 9.79. The van der Waals surface area contributed by atoms with E-state index in [0.717, 1.165) is 70.6 Å². The molecule has 0 N–H and O–H groups in total. The van der Waals surface area contributed by atoms with Gasteiger partial charge in [0.2, 0.25) is 0 Å². The minimum Gasteiger partial charge on any atom is -0.462 e. The first kappa shape index (κ1) is 69.9. The molecule has 0 rings (SSSR count). The molecule has 0 aromatic carbocycles. The van der Waals surface area contributed by atoms with Crippen LogP contribution in [0.2, 0.25) is 0 Å². The fraction of sp³-hybridized carbons (Fsp3) is 0.894. The third-order valence-corrected chi connectivity index (χ3v) is 14.7. The van der Waals surface area contributed by atoms with E-state index in [1.54, 1.807) is 0 Å². The number of carbonyl (C=O) groups excluding carboxylic acids is 3. The second kappa shape index (κ2) is 61.4. The Morgan fingerprint density at radius 3 is 0.722 bits per heavy atom. The number of rotatable bonds is 60. The molecule has 0 aliphatic heterocycles. The Hall–Kier alpha value is -2.11. The Bertz CT molecular complexity index is 1160. The van der Waals surface area contributed by atoms with Gasteiger partial charge < -0.3 is 14.2 Å². The van der Waals surface area contributed by atoms with Crippen LogP contribution in [0.1, 0.15) is 361 Å². The molecule has 0 spiro atoms. The summed E-state index contributed by atoms with van der Waals surface area (Å²) in [5.41, 5.74) is 0. The van der Waals surface area contributed by atoms with Crippen LogP contribution in [0.25, 0.3) is 0 Å². The van der Waals surface area contributed by atoms with Crippen molar-refractivity contribution in [2.45, 2.75) is 367 Å². The maximum atomic E-state index is 12.8. The van der Waals surface area contributed by atoms with E-state index in [-0.39, 0.29) is 31.1 Å². The lowest BCUT2D eigenvalue weighted by atomic mass is 10.0. The molecular weight excluding hydrogens is 889 g/mol. The molecule has 0 aromatic rings. The molecule has 0 aliphatic carbocycles. The van der Waals surface area contributed by atoms with Crippen LogP contribution < -0.4 is 0 Å². The van der Waals surface area contributed by atoms with E-state index in [4.69, 9.17) is 14.2 Å². The average Bonchev–Trinajstić information content (AvgIpc) is 3.38. The van der Waals surface area contributed by atoms with Crippen LogP contribution in [0.4, 0.5) is 0 Å². The van der Waals surface area contributed by atoms with E-state index in [2.05, 4.69) is 45.1 Å². The zero-order chi connectivity index (χ0) is 52.2. The van der Waals surface area contributed by atoms with Crippen LogP contribution in [0.3, 0.4) is 0 Å². The molecule has 0 heterocycles. The van der Waals surface area contributed by atoms with E-state index >= 15 is 0 Å². The number of esters is 3. The smallest absolute Gasteiger partial charge is 0.306 e. The molecule has 0 bridgehead atoms. The van der Waals surface area contributed by atoms with E-state index in [9.17, 15) is 14.4 Å². The lowest BCUT2D eigenvalue weighted by molar-refractivity contribution is -0.167. The molecule has 0 aliphatic rings. The lowest BCUT2D eigenvalue weighted by Gasteiger charge is -2.18. The molecular formula is C66H124O6. The largest absolute Gasteiger partial charge is 0.462 e. The van der Waals surface area contributed by atoms with Gasteiger partial charge in [0.1, 0.15) is 13.2 Å². The van der Waals surface area contributed by atoms with Gasteiger partial charge in [-0.1, -0.05) is 295 Å². The van der Waals surface area contributed by atoms with Gasteiger partial charge in [-0.05, 0) is 70.6 Å². The number of hydrogen-bond acceptors (Lipinski definition) is 6. The van der Waals surface area contributed by atoms with Crippen LogP contribution in [-0.2, 0) is 28.6 Å². The van der Waals surface area contributed by atoms with Gasteiger partial charge in [0.15, 0.2) is 6.10 Å². The van der Waals surface area contributed by atoms with Gasteiger partial charge in [-0.2, -0.15) is 0 Å². The standard InChI is InChI=1S/C66H124O6/c1-4-7-10-13-16-19-22-25-27-28-29-30-31-32-33-34-35-36-37-38-39-40-42-44-47-50-53-56-59-65(68)71-62-63(61-70-64(67)58-55-52-49-46-43-24-21-18-15-12-9-6-3)72-66(69)60-57-54-51-48-45-41-26-23-20-17-14-11-8-5-2/h18,21,23,26,63H,4-17,19-20,22,24-25,27-62H2,1-3H3/b21-18-,26-23-. The van der Waals surface area contributed by atoms with Crippen molar-refractivity contribution in [3.8, 4) is 0 Å². The van der Waals surface area contributed by atoms with Gasteiger partial charge in [-0.3, -0.25) is 14.4 Å². The molecule has 6 nitrogen and oxygen atoms in total. The predicted molar refractivity (Wildman–Crippen MR) is 312 cm³/mol. The van der Waals surface area contributed by atoms with Gasteiger partial charge in [0, 0.05) is 19.3 Å². The van der Waals surface area contributed by atoms with E-state index in [0.29, 0.717) is 19.3 Å². The molecule has 424 valence electrons. The van der Waals surface area contributed by atoms with Crippen molar-refractivity contribution in [3.05, 3.63) is 24.3 Å². The first-order valence-electron chi connectivity index (χ1n) is 32.3. The Morgan fingerprint density at radius 2 is 0.458 bits per heavy atom. The van der Waals surface area contributed by atoms with Gasteiger partial charge in [0.25, 0.3) is 0 Å². The summed E-state index contributed by atoms with van der Waals surface area (Å²) in [6.07, 6.45) is 73.5. The predicted octanol–water partition coefficient (Wildman–Crippen LogP) is 21.8. The molecule has 0 saturated heterocycles. The third kappa shape index (κ3) is 58.8. The number of ether oxygens (including phenoxy) is 3. The van der Waals surface area contributed by atoms with Crippen LogP contribution in [0, 0.1) is 0 Å². The Morgan fingerprint density at radius 1 is 0.264 bits per heavy atom. The highest BCUT2D eigenvalue weighted by Gasteiger charge is 2.19. The molecule has 0 amide bonds. The summed E-state index contributed by atoms with van der Waals surface area (Å²) >= 11 is 0. The molecule has 0 aromatic heterocycles. The molecule has 6 heteroatoms. The van der Waals surface area contributed by atoms with Crippen molar-refractivity contribution in [3.63, 3.8) is 0 Å². The average molecular weight is 1010 g/mol. The molecule has 0 saturated carbocycles. The quantitative estimate of drug-likeness (QED) is 0.0261. The highest BCUT2D eigenvalue weighted by atomic mass is 16.6. The molecule has 0 radical (unpaired) electrons. The first-order valence-corrected chi connectivity index (χ1v) is 32.3. The van der Waals surface area contributed by atoms with Crippen molar-refractivity contribution in [2.24, 2.45) is 0 Å². The summed E-state index contributed by atoms with van der Waals surface area (Å²) in [6, 6.07) is 0. The Balaban J connectivity index is 4.13. The van der Waals surface area contributed by atoms with Crippen LogP contribution in [0.5, 0.6) is 0 Å². The summed E-state index contributed by atoms with van der Waals surface area (Å²) in [5, 5.41) is 0. The van der Waals surface area contributed by atoms with Gasteiger partial charge in [0.05, 0.1) is 0 Å². The zero-order valence-electron chi connectivity index (χ0n) is 48.7. The Kier molecular flexibility index (Phi) is 59.6. The zero-order valence-corrected chi connectivity index (χ0v) is 48.7. The van der Waals surface area contributed by atoms with Crippen molar-refractivity contribution in [2.75, 3.05) is 13.2 Å². The summed E-state index contributed by atoms with van der Waals surface area (Å²) < 4.78 is 16.9. The molecule has 1 unspecified atom stereocenters. The van der Waals surface area contributed by atoms with Crippen molar-refractivity contribution < 1.29 is 28.6 Å². The highest BCUT2D eigenvalue weighted by Crippen LogP contribution is 2.18. The summed E-state index contributed by atoms with van der Waals surface area (Å²) in [4.78, 5) is 38.2. The van der Waals surface area contributed by atoms with Crippen molar-refractivity contribution >= 4 is 17.9 Å².